The van der Waals surface area contributed by atoms with E-state index >= 15 is 0 Å². The predicted molar refractivity (Wildman–Crippen MR) is 57.6 cm³/mol. The summed E-state index contributed by atoms with van der Waals surface area (Å²) in [5, 5.41) is 8.57. The van der Waals surface area contributed by atoms with Crippen molar-refractivity contribution in [2.75, 3.05) is 11.0 Å². The van der Waals surface area contributed by atoms with Gasteiger partial charge in [0, 0.05) is 0 Å². The van der Waals surface area contributed by atoms with E-state index in [0.717, 1.165) is 18.4 Å². The largest absolute Gasteiger partial charge is 1.00 e. The Morgan fingerprint density at radius 1 is 1.28 bits per heavy atom. The van der Waals surface area contributed by atoms with Crippen LogP contribution in [-0.2, 0) is 20.1 Å². The summed E-state index contributed by atoms with van der Waals surface area (Å²) < 4.78 is 56.5. The third-order valence-corrected chi connectivity index (χ3v) is 3.14. The zero-order valence-electron chi connectivity index (χ0n) is 9.54. The van der Waals surface area contributed by atoms with Gasteiger partial charge in [0.15, 0.2) is 0 Å². The molecule has 1 aromatic rings. The Labute approximate surface area is 147 Å². The molecule has 0 heterocycles. The van der Waals surface area contributed by atoms with Crippen molar-refractivity contribution < 1.29 is 72.8 Å². The molecule has 0 bridgehead atoms. The van der Waals surface area contributed by atoms with E-state index in [1.807, 2.05) is 4.72 Å². The van der Waals surface area contributed by atoms with Gasteiger partial charge in [0.2, 0.25) is 10.0 Å². The second kappa shape index (κ2) is 6.44. The van der Waals surface area contributed by atoms with Gasteiger partial charge >= 0.3 is 51.4 Å². The van der Waals surface area contributed by atoms with Crippen LogP contribution in [0.15, 0.2) is 23.1 Å². The first-order valence-electron chi connectivity index (χ1n) is 4.11. The molecule has 18 heavy (non-hydrogen) atoms. The maximum absolute atomic E-state index is 11.0. The molecule has 0 aliphatic carbocycles. The molecule has 1 aromatic carbocycles. The first-order chi connectivity index (χ1) is 7.63. The van der Waals surface area contributed by atoms with Crippen LogP contribution in [0.2, 0.25) is 0 Å². The zero-order chi connectivity index (χ0) is 13.3. The Morgan fingerprint density at radius 2 is 1.83 bits per heavy atom. The maximum atomic E-state index is 11.0. The van der Waals surface area contributed by atoms with E-state index in [1.54, 1.807) is 6.07 Å². The molecule has 0 aliphatic rings. The average Bonchev–Trinajstić information content (AvgIpc) is 2.14. The Balaban J connectivity index is 0.00000289. The Bertz CT molecular complexity index is 691. The first kappa shape index (κ1) is 18.0. The number of sulfonamides is 1. The molecular weight excluding hydrogens is 307 g/mol. The molecule has 0 unspecified atom stereocenters. The summed E-state index contributed by atoms with van der Waals surface area (Å²) in [4.78, 5) is -0.776. The fourth-order valence-corrected chi connectivity index (χ4v) is 2.38. The average molecular weight is 314 g/mol. The van der Waals surface area contributed by atoms with E-state index in [2.05, 4.69) is 0 Å². The molecule has 0 amide bonds. The third kappa shape index (κ3) is 5.33. The molecule has 0 aromatic heterocycles. The van der Waals surface area contributed by atoms with Crippen LogP contribution in [-0.4, -0.2) is 27.6 Å². The number of nitriles is 1. The quantitative estimate of drug-likeness (QED) is 0.463. The third-order valence-electron chi connectivity index (χ3n) is 1.68. The van der Waals surface area contributed by atoms with Crippen molar-refractivity contribution in [1.29, 1.82) is 5.26 Å². The van der Waals surface area contributed by atoms with Crippen LogP contribution in [0.1, 0.15) is 5.56 Å². The van der Waals surface area contributed by atoms with Crippen molar-refractivity contribution in [2.24, 2.45) is 0 Å². The normalized spacial score (nSPS) is 11.2. The summed E-state index contributed by atoms with van der Waals surface area (Å²) in [6, 6.07) is 4.71. The van der Waals surface area contributed by atoms with Crippen LogP contribution in [0.3, 0.4) is 0 Å². The van der Waals surface area contributed by atoms with Crippen LogP contribution < -0.4 is 56.1 Å². The minimum absolute atomic E-state index is 0. The van der Waals surface area contributed by atoms with Gasteiger partial charge in [-0.1, -0.05) is 0 Å². The fourth-order valence-electron chi connectivity index (χ4n) is 1.08. The summed E-state index contributed by atoms with van der Waals surface area (Å²) in [6.07, 6.45) is 0.812. The summed E-state index contributed by atoms with van der Waals surface area (Å²) >= 11 is 0. The van der Waals surface area contributed by atoms with Gasteiger partial charge in [0.25, 0.3) is 0 Å². The molecule has 0 atom stereocenters. The second-order valence-electron chi connectivity index (χ2n) is 3.15. The molecule has 0 saturated heterocycles. The van der Waals surface area contributed by atoms with E-state index in [9.17, 15) is 21.4 Å². The molecule has 0 saturated carbocycles. The van der Waals surface area contributed by atoms with Gasteiger partial charge in [-0.2, -0.15) is 5.26 Å². The Hall–Kier alpha value is 0.00636. The zero-order valence-corrected chi connectivity index (χ0v) is 14.3. The van der Waals surface area contributed by atoms with Crippen molar-refractivity contribution >= 4 is 25.8 Å². The molecule has 0 radical (unpaired) electrons. The van der Waals surface area contributed by atoms with Crippen molar-refractivity contribution in [3.8, 4) is 6.07 Å². The predicted octanol–water partition coefficient (Wildman–Crippen LogP) is -3.16. The molecule has 10 heteroatoms. The monoisotopic (exact) mass is 314 g/mol. The molecule has 7 nitrogen and oxygen atoms in total. The summed E-state index contributed by atoms with van der Waals surface area (Å²) in [6.45, 7) is 0. The van der Waals surface area contributed by atoms with Gasteiger partial charge in [0.05, 0.1) is 28.5 Å². The SMILES string of the molecule is CS(=O)(=O)Nc1ccc(C#N)cc1S(=O)(=O)[O-].[K+]. The van der Waals surface area contributed by atoms with Crippen LogP contribution in [0.5, 0.6) is 0 Å². The molecule has 0 spiro atoms. The van der Waals surface area contributed by atoms with Crippen LogP contribution in [0.4, 0.5) is 5.69 Å². The van der Waals surface area contributed by atoms with E-state index in [1.165, 1.54) is 6.07 Å². The number of hydrogen-bond acceptors (Lipinski definition) is 6. The van der Waals surface area contributed by atoms with Crippen LogP contribution in [0.25, 0.3) is 0 Å². The van der Waals surface area contributed by atoms with Gasteiger partial charge in [-0.05, 0) is 18.2 Å². The standard InChI is InChI=1S/C8H8N2O5S2.K/c1-16(11,12)10-7-3-2-6(5-9)4-8(7)17(13,14)15;/h2-4,10H,1H3,(H,13,14,15);/q;+1/p-1. The van der Waals surface area contributed by atoms with E-state index < -0.39 is 25.0 Å². The van der Waals surface area contributed by atoms with Gasteiger partial charge in [-0.25, -0.2) is 16.8 Å². The summed E-state index contributed by atoms with van der Waals surface area (Å²) in [5.41, 5.74) is -0.431. The summed E-state index contributed by atoms with van der Waals surface area (Å²) in [5.74, 6) is 0. The fraction of sp³-hybridized carbons (Fsp3) is 0.125. The molecule has 0 fully saturated rings. The molecule has 92 valence electrons. The minimum atomic E-state index is -4.87. The maximum Gasteiger partial charge on any atom is 1.00 e. The second-order valence-corrected chi connectivity index (χ2v) is 6.25. The first-order valence-corrected chi connectivity index (χ1v) is 7.41. The molecule has 1 rings (SSSR count). The van der Waals surface area contributed by atoms with Gasteiger partial charge in [-0.15, -0.1) is 0 Å². The van der Waals surface area contributed by atoms with Gasteiger partial charge in [-0.3, -0.25) is 4.72 Å². The number of rotatable bonds is 3. The van der Waals surface area contributed by atoms with Crippen molar-refractivity contribution in [1.82, 2.24) is 0 Å². The van der Waals surface area contributed by atoms with E-state index in [4.69, 9.17) is 5.26 Å². The van der Waals surface area contributed by atoms with Crippen molar-refractivity contribution in [3.63, 3.8) is 0 Å². The van der Waals surface area contributed by atoms with Crippen LogP contribution in [0, 0.1) is 11.3 Å². The Kier molecular flexibility index (Phi) is 6.44. The number of benzene rings is 1. The van der Waals surface area contributed by atoms with E-state index in [-0.39, 0.29) is 62.6 Å². The molecule has 0 aliphatic heterocycles. The van der Waals surface area contributed by atoms with E-state index in [0.29, 0.717) is 0 Å². The van der Waals surface area contributed by atoms with Crippen molar-refractivity contribution in [3.05, 3.63) is 23.8 Å². The molecule has 1 N–H and O–H groups in total. The van der Waals surface area contributed by atoms with Crippen LogP contribution >= 0.6 is 0 Å². The van der Waals surface area contributed by atoms with Crippen molar-refractivity contribution in [2.45, 2.75) is 4.90 Å². The Morgan fingerprint density at radius 3 is 2.22 bits per heavy atom. The number of nitrogens with one attached hydrogen (secondary N) is 1. The molecular formula is C8H7KN2O5S2. The topological polar surface area (TPSA) is 127 Å². The number of anilines is 1. The van der Waals surface area contributed by atoms with Gasteiger partial charge < -0.3 is 4.55 Å². The smallest absolute Gasteiger partial charge is 0.744 e. The van der Waals surface area contributed by atoms with Gasteiger partial charge in [0.1, 0.15) is 10.1 Å². The number of nitrogens with zero attached hydrogens (tertiary/aromatic N) is 1. The summed E-state index contributed by atoms with van der Waals surface area (Å²) in [7, 11) is -8.58. The minimum Gasteiger partial charge on any atom is -0.744 e. The number of hydrogen-bond donors (Lipinski definition) is 1.